The smallest absolute Gasteiger partial charge is 0.335 e. The summed E-state index contributed by atoms with van der Waals surface area (Å²) in [7, 11) is 0. The molecule has 0 unspecified atom stereocenters. The molecule has 0 amide bonds. The number of aromatic nitrogens is 1. The topological polar surface area (TPSA) is 50.2 Å². The SMILES string of the molecule is O=C(O)c1cccc(Sc2ccncc2)c1. The van der Waals surface area contributed by atoms with E-state index in [-0.39, 0.29) is 0 Å². The maximum atomic E-state index is 10.8. The Morgan fingerprint density at radius 2 is 1.88 bits per heavy atom. The van der Waals surface area contributed by atoms with Gasteiger partial charge in [0.1, 0.15) is 0 Å². The van der Waals surface area contributed by atoms with Crippen LogP contribution in [0.15, 0.2) is 58.6 Å². The average molecular weight is 231 g/mol. The van der Waals surface area contributed by atoms with Crippen molar-refractivity contribution < 1.29 is 9.90 Å². The molecule has 0 fully saturated rings. The second-order valence-corrected chi connectivity index (χ2v) is 4.26. The molecule has 0 aliphatic rings. The number of hydrogen-bond donors (Lipinski definition) is 1. The van der Waals surface area contributed by atoms with Gasteiger partial charge in [0.15, 0.2) is 0 Å². The van der Waals surface area contributed by atoms with Crippen LogP contribution >= 0.6 is 11.8 Å². The quantitative estimate of drug-likeness (QED) is 0.882. The van der Waals surface area contributed by atoms with Gasteiger partial charge < -0.3 is 5.11 Å². The van der Waals surface area contributed by atoms with Gasteiger partial charge in [0, 0.05) is 22.2 Å². The molecule has 80 valence electrons. The van der Waals surface area contributed by atoms with Crippen molar-refractivity contribution in [2.75, 3.05) is 0 Å². The number of carboxylic acids is 1. The molecule has 0 bridgehead atoms. The molecule has 0 saturated heterocycles. The summed E-state index contributed by atoms with van der Waals surface area (Å²) in [6.07, 6.45) is 3.42. The summed E-state index contributed by atoms with van der Waals surface area (Å²) in [6, 6.07) is 10.6. The van der Waals surface area contributed by atoms with Crippen LogP contribution in [-0.2, 0) is 0 Å². The van der Waals surface area contributed by atoms with E-state index in [2.05, 4.69) is 4.98 Å². The fourth-order valence-electron chi connectivity index (χ4n) is 1.23. The number of rotatable bonds is 3. The molecule has 1 aromatic carbocycles. The highest BCUT2D eigenvalue weighted by Crippen LogP contribution is 2.27. The average Bonchev–Trinajstić information content (AvgIpc) is 2.30. The third-order valence-electron chi connectivity index (χ3n) is 1.97. The van der Waals surface area contributed by atoms with E-state index < -0.39 is 5.97 Å². The number of aromatic carboxylic acids is 1. The van der Waals surface area contributed by atoms with Crippen LogP contribution in [0.2, 0.25) is 0 Å². The highest BCUT2D eigenvalue weighted by molar-refractivity contribution is 7.99. The second kappa shape index (κ2) is 4.81. The zero-order chi connectivity index (χ0) is 11.4. The number of benzene rings is 1. The van der Waals surface area contributed by atoms with Gasteiger partial charge in [0.25, 0.3) is 0 Å². The van der Waals surface area contributed by atoms with Gasteiger partial charge in [0.2, 0.25) is 0 Å². The summed E-state index contributed by atoms with van der Waals surface area (Å²) in [5.41, 5.74) is 0.305. The van der Waals surface area contributed by atoms with E-state index in [9.17, 15) is 4.79 Å². The van der Waals surface area contributed by atoms with Crippen molar-refractivity contribution in [3.63, 3.8) is 0 Å². The van der Waals surface area contributed by atoms with Crippen LogP contribution in [-0.4, -0.2) is 16.1 Å². The van der Waals surface area contributed by atoms with Gasteiger partial charge in [-0.2, -0.15) is 0 Å². The monoisotopic (exact) mass is 231 g/mol. The van der Waals surface area contributed by atoms with Crippen LogP contribution in [0.1, 0.15) is 10.4 Å². The van der Waals surface area contributed by atoms with Crippen molar-refractivity contribution in [1.82, 2.24) is 4.98 Å². The Hall–Kier alpha value is -1.81. The van der Waals surface area contributed by atoms with E-state index in [4.69, 9.17) is 5.11 Å². The lowest BCUT2D eigenvalue weighted by Gasteiger charge is -2.01. The number of carbonyl (C=O) groups is 1. The van der Waals surface area contributed by atoms with Crippen molar-refractivity contribution in [2.24, 2.45) is 0 Å². The van der Waals surface area contributed by atoms with Crippen LogP contribution in [0.5, 0.6) is 0 Å². The zero-order valence-electron chi connectivity index (χ0n) is 8.33. The van der Waals surface area contributed by atoms with Crippen molar-refractivity contribution in [3.05, 3.63) is 54.4 Å². The maximum absolute atomic E-state index is 10.8. The molecule has 0 aliphatic heterocycles. The van der Waals surface area contributed by atoms with Crippen LogP contribution < -0.4 is 0 Å². The fraction of sp³-hybridized carbons (Fsp3) is 0. The highest BCUT2D eigenvalue weighted by Gasteiger charge is 2.03. The zero-order valence-corrected chi connectivity index (χ0v) is 9.15. The summed E-state index contributed by atoms with van der Waals surface area (Å²) in [6.45, 7) is 0. The van der Waals surface area contributed by atoms with Crippen molar-refractivity contribution in [2.45, 2.75) is 9.79 Å². The molecule has 2 aromatic rings. The predicted octanol–water partition coefficient (Wildman–Crippen LogP) is 2.93. The summed E-state index contributed by atoms with van der Waals surface area (Å²) in [5.74, 6) is -0.905. The Morgan fingerprint density at radius 3 is 2.56 bits per heavy atom. The van der Waals surface area contributed by atoms with Gasteiger partial charge in [-0.1, -0.05) is 17.8 Å². The number of carboxylic acid groups (broad SMARTS) is 1. The lowest BCUT2D eigenvalue weighted by molar-refractivity contribution is 0.0696. The largest absolute Gasteiger partial charge is 0.478 e. The van der Waals surface area contributed by atoms with E-state index in [1.54, 1.807) is 30.6 Å². The molecule has 3 nitrogen and oxygen atoms in total. The fourth-order valence-corrected chi connectivity index (χ4v) is 2.10. The third-order valence-corrected chi connectivity index (χ3v) is 2.96. The van der Waals surface area contributed by atoms with Gasteiger partial charge >= 0.3 is 5.97 Å². The lowest BCUT2D eigenvalue weighted by atomic mass is 10.2. The van der Waals surface area contributed by atoms with Crippen molar-refractivity contribution >= 4 is 17.7 Å². The predicted molar refractivity (Wildman–Crippen MR) is 61.8 cm³/mol. The van der Waals surface area contributed by atoms with Crippen LogP contribution in [0.25, 0.3) is 0 Å². The first kappa shape index (κ1) is 10.7. The summed E-state index contributed by atoms with van der Waals surface area (Å²) in [4.78, 5) is 16.7. The molecule has 2 rings (SSSR count). The van der Waals surface area contributed by atoms with Crippen LogP contribution in [0.3, 0.4) is 0 Å². The van der Waals surface area contributed by atoms with E-state index in [1.807, 2.05) is 18.2 Å². The second-order valence-electron chi connectivity index (χ2n) is 3.12. The van der Waals surface area contributed by atoms with Gasteiger partial charge in [-0.15, -0.1) is 0 Å². The molecule has 16 heavy (non-hydrogen) atoms. The molecular weight excluding hydrogens is 222 g/mol. The molecule has 1 N–H and O–H groups in total. The molecule has 0 radical (unpaired) electrons. The molecule has 4 heteroatoms. The first-order valence-corrected chi connectivity index (χ1v) is 5.48. The molecule has 0 spiro atoms. The third kappa shape index (κ3) is 2.61. The van der Waals surface area contributed by atoms with Gasteiger partial charge in [-0.25, -0.2) is 4.79 Å². The molecule has 0 atom stereocenters. The molecule has 0 aliphatic carbocycles. The number of hydrogen-bond acceptors (Lipinski definition) is 3. The summed E-state index contributed by atoms with van der Waals surface area (Å²) < 4.78 is 0. The van der Waals surface area contributed by atoms with E-state index in [0.717, 1.165) is 9.79 Å². The Balaban J connectivity index is 2.22. The van der Waals surface area contributed by atoms with Gasteiger partial charge in [-0.05, 0) is 30.3 Å². The molecule has 1 heterocycles. The first-order valence-electron chi connectivity index (χ1n) is 4.67. The minimum atomic E-state index is -0.905. The highest BCUT2D eigenvalue weighted by atomic mass is 32.2. The number of nitrogens with zero attached hydrogens (tertiary/aromatic N) is 1. The Labute approximate surface area is 97.2 Å². The van der Waals surface area contributed by atoms with Crippen molar-refractivity contribution in [1.29, 1.82) is 0 Å². The first-order chi connectivity index (χ1) is 7.75. The Kier molecular flexibility index (Phi) is 3.22. The Morgan fingerprint density at radius 1 is 1.12 bits per heavy atom. The molecule has 0 saturated carbocycles. The van der Waals surface area contributed by atoms with Gasteiger partial charge in [0.05, 0.1) is 5.56 Å². The summed E-state index contributed by atoms with van der Waals surface area (Å²) >= 11 is 1.52. The lowest BCUT2D eigenvalue weighted by Crippen LogP contribution is -1.95. The standard InChI is InChI=1S/C12H9NO2S/c14-12(15)9-2-1-3-11(8-9)16-10-4-6-13-7-5-10/h1-8H,(H,14,15). The minimum Gasteiger partial charge on any atom is -0.478 e. The molecular formula is C12H9NO2S. The van der Waals surface area contributed by atoms with Crippen LogP contribution in [0.4, 0.5) is 0 Å². The van der Waals surface area contributed by atoms with Crippen molar-refractivity contribution in [3.8, 4) is 0 Å². The summed E-state index contributed by atoms with van der Waals surface area (Å²) in [5, 5.41) is 8.86. The van der Waals surface area contributed by atoms with E-state index >= 15 is 0 Å². The Bertz CT molecular complexity index is 499. The molecule has 1 aromatic heterocycles. The van der Waals surface area contributed by atoms with Gasteiger partial charge in [-0.3, -0.25) is 4.98 Å². The maximum Gasteiger partial charge on any atom is 0.335 e. The minimum absolute atomic E-state index is 0.305. The van der Waals surface area contributed by atoms with E-state index in [1.165, 1.54) is 11.8 Å². The van der Waals surface area contributed by atoms with E-state index in [0.29, 0.717) is 5.56 Å². The normalized spacial score (nSPS) is 10.0. The van der Waals surface area contributed by atoms with Crippen LogP contribution in [0, 0.1) is 0 Å². The number of pyridine rings is 1.